The molecule has 0 aliphatic heterocycles. The Bertz CT molecular complexity index is 614. The monoisotopic (exact) mass is 256 g/mol. The molecule has 18 heavy (non-hydrogen) atoms. The largest absolute Gasteiger partial charge is 0.478 e. The van der Waals surface area contributed by atoms with Crippen LogP contribution in [0.25, 0.3) is 11.3 Å². The van der Waals surface area contributed by atoms with E-state index >= 15 is 0 Å². The van der Waals surface area contributed by atoms with Crippen LogP contribution in [0.15, 0.2) is 18.3 Å². The van der Waals surface area contributed by atoms with Gasteiger partial charge in [0.2, 0.25) is 0 Å². The second kappa shape index (κ2) is 4.17. The Balaban J connectivity index is 2.69. The molecule has 0 aliphatic carbocycles. The minimum atomic E-state index is -1.60. The summed E-state index contributed by atoms with van der Waals surface area (Å²) in [6.45, 7) is 0. The van der Waals surface area contributed by atoms with E-state index in [4.69, 9.17) is 5.11 Å². The molecule has 7 heteroatoms. The van der Waals surface area contributed by atoms with Crippen molar-refractivity contribution in [2.75, 3.05) is 0 Å². The lowest BCUT2D eigenvalue weighted by molar-refractivity contribution is 0.0697. The molecule has 4 nitrogen and oxygen atoms in total. The van der Waals surface area contributed by atoms with Gasteiger partial charge in [-0.2, -0.15) is 5.10 Å². The van der Waals surface area contributed by atoms with E-state index in [0.29, 0.717) is 0 Å². The van der Waals surface area contributed by atoms with Gasteiger partial charge in [-0.25, -0.2) is 18.0 Å². The molecule has 0 atom stereocenters. The van der Waals surface area contributed by atoms with Gasteiger partial charge in [0.1, 0.15) is 5.56 Å². The Morgan fingerprint density at radius 1 is 1.28 bits per heavy atom. The lowest BCUT2D eigenvalue weighted by Gasteiger charge is -2.05. The SMILES string of the molecule is Cn1ncc(C(=O)O)c1-c1cc(F)c(F)c(F)c1. The van der Waals surface area contributed by atoms with Crippen LogP contribution in [0.5, 0.6) is 0 Å². The van der Waals surface area contributed by atoms with E-state index in [1.807, 2.05) is 0 Å². The van der Waals surface area contributed by atoms with Crippen LogP contribution in [0.1, 0.15) is 10.4 Å². The molecule has 1 N–H and O–H groups in total. The van der Waals surface area contributed by atoms with E-state index in [-0.39, 0.29) is 16.8 Å². The summed E-state index contributed by atoms with van der Waals surface area (Å²) in [6, 6.07) is 1.45. The van der Waals surface area contributed by atoms with Crippen molar-refractivity contribution in [2.24, 2.45) is 7.05 Å². The molecule has 94 valence electrons. The fourth-order valence-corrected chi connectivity index (χ4v) is 1.63. The summed E-state index contributed by atoms with van der Waals surface area (Å²) in [5, 5.41) is 12.6. The number of nitrogens with zero attached hydrogens (tertiary/aromatic N) is 2. The van der Waals surface area contributed by atoms with Crippen molar-refractivity contribution >= 4 is 5.97 Å². The Morgan fingerprint density at radius 3 is 2.33 bits per heavy atom. The summed E-state index contributed by atoms with van der Waals surface area (Å²) in [7, 11) is 1.42. The van der Waals surface area contributed by atoms with Crippen LogP contribution in [-0.2, 0) is 7.05 Å². The normalized spacial score (nSPS) is 10.7. The first kappa shape index (κ1) is 12.2. The number of hydrogen-bond acceptors (Lipinski definition) is 2. The Hall–Kier alpha value is -2.31. The van der Waals surface area contributed by atoms with Gasteiger partial charge in [0.05, 0.1) is 11.9 Å². The van der Waals surface area contributed by atoms with Gasteiger partial charge in [0, 0.05) is 12.6 Å². The van der Waals surface area contributed by atoms with Crippen molar-refractivity contribution in [3.05, 3.63) is 41.3 Å². The molecule has 2 rings (SSSR count). The Morgan fingerprint density at radius 2 is 1.83 bits per heavy atom. The number of halogens is 3. The van der Waals surface area contributed by atoms with E-state index in [1.165, 1.54) is 7.05 Å². The maximum atomic E-state index is 13.1. The van der Waals surface area contributed by atoms with Crippen LogP contribution in [0.3, 0.4) is 0 Å². The summed E-state index contributed by atoms with van der Waals surface area (Å²) < 4.78 is 40.2. The number of carboxylic acids is 1. The highest BCUT2D eigenvalue weighted by molar-refractivity contribution is 5.94. The van der Waals surface area contributed by atoms with Crippen LogP contribution in [-0.4, -0.2) is 20.9 Å². The quantitative estimate of drug-likeness (QED) is 0.838. The Labute approximate surface area is 99.3 Å². The predicted molar refractivity (Wildman–Crippen MR) is 55.5 cm³/mol. The third-order valence-corrected chi connectivity index (χ3v) is 2.43. The van der Waals surface area contributed by atoms with Crippen molar-refractivity contribution in [1.82, 2.24) is 9.78 Å². The molecule has 0 amide bonds. The molecular weight excluding hydrogens is 249 g/mol. The first-order chi connectivity index (χ1) is 8.41. The molecule has 0 unspecified atom stereocenters. The number of hydrogen-bond donors (Lipinski definition) is 1. The van der Waals surface area contributed by atoms with Gasteiger partial charge in [0.15, 0.2) is 17.5 Å². The second-order valence-corrected chi connectivity index (χ2v) is 3.59. The number of aryl methyl sites for hydroxylation is 1. The number of benzene rings is 1. The molecule has 0 radical (unpaired) electrons. The zero-order valence-electron chi connectivity index (χ0n) is 9.12. The van der Waals surface area contributed by atoms with Crippen LogP contribution >= 0.6 is 0 Å². The molecule has 0 spiro atoms. The highest BCUT2D eigenvalue weighted by atomic mass is 19.2. The first-order valence-corrected chi connectivity index (χ1v) is 4.82. The van der Waals surface area contributed by atoms with Crippen LogP contribution in [0.2, 0.25) is 0 Å². The van der Waals surface area contributed by atoms with Gasteiger partial charge < -0.3 is 5.11 Å². The first-order valence-electron chi connectivity index (χ1n) is 4.82. The standard InChI is InChI=1S/C11H7F3N2O2/c1-16-10(6(4-15-16)11(17)18)5-2-7(12)9(14)8(13)3-5/h2-4H,1H3,(H,17,18). The third-order valence-electron chi connectivity index (χ3n) is 2.43. The van der Waals surface area contributed by atoms with Gasteiger partial charge in [-0.05, 0) is 12.1 Å². The minimum Gasteiger partial charge on any atom is -0.478 e. The molecule has 0 saturated carbocycles. The average molecular weight is 256 g/mol. The van der Waals surface area contributed by atoms with E-state index < -0.39 is 23.4 Å². The fraction of sp³-hybridized carbons (Fsp3) is 0.0909. The van der Waals surface area contributed by atoms with Gasteiger partial charge in [-0.1, -0.05) is 0 Å². The van der Waals surface area contributed by atoms with Crippen molar-refractivity contribution in [3.8, 4) is 11.3 Å². The number of aromatic nitrogens is 2. The lowest BCUT2D eigenvalue weighted by Crippen LogP contribution is -2.02. The molecule has 1 aromatic heterocycles. The maximum Gasteiger partial charge on any atom is 0.339 e. The van der Waals surface area contributed by atoms with Crippen LogP contribution in [0.4, 0.5) is 13.2 Å². The summed E-state index contributed by atoms with van der Waals surface area (Å²) in [5.41, 5.74) is -0.313. The second-order valence-electron chi connectivity index (χ2n) is 3.59. The summed E-state index contributed by atoms with van der Waals surface area (Å²) in [5.74, 6) is -5.66. The molecule has 2 aromatic rings. The summed E-state index contributed by atoms with van der Waals surface area (Å²) in [6.07, 6.45) is 1.05. The molecule has 0 aliphatic rings. The lowest BCUT2D eigenvalue weighted by atomic mass is 10.1. The van der Waals surface area contributed by atoms with E-state index in [0.717, 1.165) is 23.0 Å². The van der Waals surface area contributed by atoms with E-state index in [2.05, 4.69) is 5.10 Å². The smallest absolute Gasteiger partial charge is 0.339 e. The molecule has 0 saturated heterocycles. The number of carboxylic acid groups (broad SMARTS) is 1. The van der Waals surface area contributed by atoms with Gasteiger partial charge >= 0.3 is 5.97 Å². The third kappa shape index (κ3) is 1.83. The molecule has 0 fully saturated rings. The maximum absolute atomic E-state index is 13.1. The summed E-state index contributed by atoms with van der Waals surface area (Å²) in [4.78, 5) is 10.9. The average Bonchev–Trinajstić information content (AvgIpc) is 2.67. The van der Waals surface area contributed by atoms with Crippen molar-refractivity contribution in [3.63, 3.8) is 0 Å². The topological polar surface area (TPSA) is 55.1 Å². The van der Waals surface area contributed by atoms with Crippen LogP contribution in [0, 0.1) is 17.5 Å². The van der Waals surface area contributed by atoms with Gasteiger partial charge in [0.25, 0.3) is 0 Å². The zero-order chi connectivity index (χ0) is 13.4. The molecule has 1 aromatic carbocycles. The van der Waals surface area contributed by atoms with E-state index in [1.54, 1.807) is 0 Å². The minimum absolute atomic E-state index is 0.000278. The fourth-order valence-electron chi connectivity index (χ4n) is 1.63. The Kier molecular flexibility index (Phi) is 2.82. The number of rotatable bonds is 2. The molecular formula is C11H7F3N2O2. The van der Waals surface area contributed by atoms with Gasteiger partial charge in [-0.3, -0.25) is 4.68 Å². The zero-order valence-corrected chi connectivity index (χ0v) is 9.12. The number of carbonyl (C=O) groups is 1. The molecule has 0 bridgehead atoms. The van der Waals surface area contributed by atoms with Crippen LogP contribution < -0.4 is 0 Å². The van der Waals surface area contributed by atoms with Crippen molar-refractivity contribution in [2.45, 2.75) is 0 Å². The predicted octanol–water partition coefficient (Wildman–Crippen LogP) is 2.20. The highest BCUT2D eigenvalue weighted by Crippen LogP contribution is 2.26. The van der Waals surface area contributed by atoms with Gasteiger partial charge in [-0.15, -0.1) is 0 Å². The molecule has 1 heterocycles. The van der Waals surface area contributed by atoms with Crippen molar-refractivity contribution < 1.29 is 23.1 Å². The van der Waals surface area contributed by atoms with E-state index in [9.17, 15) is 18.0 Å². The highest BCUT2D eigenvalue weighted by Gasteiger charge is 2.20. The summed E-state index contributed by atoms with van der Waals surface area (Å²) >= 11 is 0. The number of aromatic carboxylic acids is 1. The van der Waals surface area contributed by atoms with Crippen molar-refractivity contribution in [1.29, 1.82) is 0 Å².